The highest BCUT2D eigenvalue weighted by Gasteiger charge is 2.49. The number of hydrogen-bond donors (Lipinski definition) is 1. The molecular weight excluding hydrogens is 546 g/mol. The number of anilines is 1. The lowest BCUT2D eigenvalue weighted by atomic mass is 9.79. The van der Waals surface area contributed by atoms with Gasteiger partial charge in [0.05, 0.1) is 10.9 Å². The van der Waals surface area contributed by atoms with Crippen LogP contribution in [0.25, 0.3) is 22.2 Å². The Labute approximate surface area is 253 Å². The number of rotatable bonds is 6. The van der Waals surface area contributed by atoms with Crippen LogP contribution in [0.2, 0.25) is 0 Å². The predicted molar refractivity (Wildman–Crippen MR) is 166 cm³/mol. The van der Waals surface area contributed by atoms with E-state index in [-0.39, 0.29) is 28.4 Å². The van der Waals surface area contributed by atoms with Gasteiger partial charge >= 0.3 is 6.01 Å². The van der Waals surface area contributed by atoms with Gasteiger partial charge < -0.3 is 15.0 Å². The zero-order valence-corrected chi connectivity index (χ0v) is 26.1. The molecule has 0 radical (unpaired) electrons. The molecule has 0 amide bonds. The minimum atomic E-state index is -0.850. The molecule has 4 fully saturated rings. The lowest BCUT2D eigenvalue weighted by Gasteiger charge is -2.34. The SMILES string of the molecule is CC(C)c1cccc(C(C)(C)C)c1-c1ncc2c(N3CC4CCC(C3)N4)nc(OC[C@@]34CCCN3C[C@H](F)C4)nc2c1F. The second-order valence-corrected chi connectivity index (χ2v) is 14.6. The summed E-state index contributed by atoms with van der Waals surface area (Å²) in [4.78, 5) is 18.9. The van der Waals surface area contributed by atoms with E-state index < -0.39 is 12.0 Å². The van der Waals surface area contributed by atoms with Crippen molar-refractivity contribution < 1.29 is 13.5 Å². The van der Waals surface area contributed by atoms with Crippen LogP contribution in [0.1, 0.15) is 83.8 Å². The van der Waals surface area contributed by atoms with Crippen molar-refractivity contribution in [3.63, 3.8) is 0 Å². The summed E-state index contributed by atoms with van der Waals surface area (Å²) < 4.78 is 37.8. The summed E-state index contributed by atoms with van der Waals surface area (Å²) >= 11 is 0. The molecule has 4 atom stereocenters. The molecule has 2 unspecified atom stereocenters. The second kappa shape index (κ2) is 10.6. The maximum Gasteiger partial charge on any atom is 0.319 e. The van der Waals surface area contributed by atoms with Gasteiger partial charge in [-0.05, 0) is 54.7 Å². The Bertz CT molecular complexity index is 1530. The molecule has 7 rings (SSSR count). The van der Waals surface area contributed by atoms with E-state index in [4.69, 9.17) is 19.7 Å². The summed E-state index contributed by atoms with van der Waals surface area (Å²) in [5.41, 5.74) is 2.94. The summed E-state index contributed by atoms with van der Waals surface area (Å²) in [5, 5.41) is 4.27. The van der Waals surface area contributed by atoms with Crippen molar-refractivity contribution in [3.8, 4) is 17.3 Å². The summed E-state index contributed by atoms with van der Waals surface area (Å²) in [7, 11) is 0. The minimum absolute atomic E-state index is 0.154. The zero-order valence-electron chi connectivity index (χ0n) is 26.1. The molecule has 2 aromatic heterocycles. The van der Waals surface area contributed by atoms with Gasteiger partial charge in [-0.1, -0.05) is 52.8 Å². The van der Waals surface area contributed by atoms with Crippen LogP contribution in [0.3, 0.4) is 0 Å². The maximum atomic E-state index is 17.0. The van der Waals surface area contributed by atoms with Crippen molar-refractivity contribution >= 4 is 16.7 Å². The first-order chi connectivity index (χ1) is 20.5. The Hall–Kier alpha value is -2.91. The summed E-state index contributed by atoms with van der Waals surface area (Å²) in [6.07, 6.45) is 5.51. The molecule has 4 aliphatic rings. The van der Waals surface area contributed by atoms with E-state index >= 15 is 4.39 Å². The van der Waals surface area contributed by atoms with Gasteiger partial charge in [0.25, 0.3) is 0 Å². The van der Waals surface area contributed by atoms with E-state index in [0.717, 1.165) is 62.0 Å². The van der Waals surface area contributed by atoms with Crippen molar-refractivity contribution in [2.75, 3.05) is 37.7 Å². The first-order valence-corrected chi connectivity index (χ1v) is 16.1. The van der Waals surface area contributed by atoms with Crippen LogP contribution in [-0.2, 0) is 5.41 Å². The predicted octanol–water partition coefficient (Wildman–Crippen LogP) is 6.15. The number of pyridine rings is 1. The Morgan fingerprint density at radius 2 is 1.88 bits per heavy atom. The number of nitrogens with one attached hydrogen (secondary N) is 1. The van der Waals surface area contributed by atoms with Crippen molar-refractivity contribution in [1.29, 1.82) is 0 Å². The van der Waals surface area contributed by atoms with Gasteiger partial charge in [-0.25, -0.2) is 8.78 Å². The van der Waals surface area contributed by atoms with Gasteiger partial charge in [0, 0.05) is 49.9 Å². The average molecular weight is 591 g/mol. The van der Waals surface area contributed by atoms with E-state index in [0.29, 0.717) is 48.6 Å². The summed E-state index contributed by atoms with van der Waals surface area (Å²) in [6, 6.07) is 7.12. The van der Waals surface area contributed by atoms with Crippen molar-refractivity contribution in [2.24, 2.45) is 0 Å². The molecule has 1 aromatic carbocycles. The van der Waals surface area contributed by atoms with Crippen LogP contribution in [-0.4, -0.2) is 76.4 Å². The van der Waals surface area contributed by atoms with Crippen molar-refractivity contribution in [2.45, 2.75) is 102 Å². The molecule has 2 bridgehead atoms. The largest absolute Gasteiger partial charge is 0.461 e. The highest BCUT2D eigenvalue weighted by atomic mass is 19.1. The highest BCUT2D eigenvalue weighted by molar-refractivity contribution is 5.92. The fourth-order valence-electron chi connectivity index (χ4n) is 8.06. The molecule has 6 heterocycles. The van der Waals surface area contributed by atoms with E-state index in [1.54, 1.807) is 6.20 Å². The third-order valence-corrected chi connectivity index (χ3v) is 10.2. The van der Waals surface area contributed by atoms with E-state index in [9.17, 15) is 4.39 Å². The molecule has 7 nitrogen and oxygen atoms in total. The van der Waals surface area contributed by atoms with Gasteiger partial charge in [-0.3, -0.25) is 9.88 Å². The fraction of sp³-hybridized carbons (Fsp3) is 0.618. The van der Waals surface area contributed by atoms with Gasteiger partial charge in [0.1, 0.15) is 29.8 Å². The van der Waals surface area contributed by atoms with Crippen molar-refractivity contribution in [3.05, 3.63) is 41.3 Å². The number of fused-ring (bicyclic) bond motifs is 4. The van der Waals surface area contributed by atoms with Crippen molar-refractivity contribution in [1.82, 2.24) is 25.2 Å². The van der Waals surface area contributed by atoms with Crippen LogP contribution in [0.4, 0.5) is 14.6 Å². The monoisotopic (exact) mass is 590 g/mol. The molecule has 1 N–H and O–H groups in total. The number of nitrogens with zero attached hydrogens (tertiary/aromatic N) is 5. The Balaban J connectivity index is 1.36. The molecular formula is C34H44F2N6O. The molecule has 43 heavy (non-hydrogen) atoms. The third-order valence-electron chi connectivity index (χ3n) is 10.2. The van der Waals surface area contributed by atoms with E-state index in [2.05, 4.69) is 67.9 Å². The Kier molecular flexibility index (Phi) is 7.12. The number of aromatic nitrogens is 3. The number of hydrogen-bond acceptors (Lipinski definition) is 7. The summed E-state index contributed by atoms with van der Waals surface area (Å²) in [6.45, 7) is 13.9. The average Bonchev–Trinajstić information content (AvgIpc) is 3.61. The summed E-state index contributed by atoms with van der Waals surface area (Å²) in [5.74, 6) is 0.401. The number of halogens is 2. The van der Waals surface area contributed by atoms with Gasteiger partial charge in [0.15, 0.2) is 5.82 Å². The van der Waals surface area contributed by atoms with Crippen LogP contribution < -0.4 is 15.0 Å². The molecule has 230 valence electrons. The van der Waals surface area contributed by atoms with E-state index in [1.807, 2.05) is 0 Å². The molecule has 0 aliphatic carbocycles. The first kappa shape index (κ1) is 28.8. The van der Waals surface area contributed by atoms with Crippen LogP contribution in [0, 0.1) is 5.82 Å². The minimum Gasteiger partial charge on any atom is -0.461 e. The van der Waals surface area contributed by atoms with Crippen LogP contribution >= 0.6 is 0 Å². The third kappa shape index (κ3) is 5.06. The van der Waals surface area contributed by atoms with E-state index in [1.165, 1.54) is 0 Å². The number of benzene rings is 1. The molecule has 4 aliphatic heterocycles. The Morgan fingerprint density at radius 3 is 2.60 bits per heavy atom. The van der Waals surface area contributed by atoms with Gasteiger partial charge in [0.2, 0.25) is 0 Å². The topological polar surface area (TPSA) is 66.4 Å². The lowest BCUT2D eigenvalue weighted by Crippen LogP contribution is -2.51. The molecule has 0 saturated carbocycles. The first-order valence-electron chi connectivity index (χ1n) is 16.1. The quantitative estimate of drug-likeness (QED) is 0.370. The number of ether oxygens (including phenoxy) is 1. The van der Waals surface area contributed by atoms with Crippen LogP contribution in [0.15, 0.2) is 24.4 Å². The maximum absolute atomic E-state index is 17.0. The number of alkyl halides is 1. The molecule has 3 aromatic rings. The van der Waals surface area contributed by atoms with Gasteiger partial charge in [-0.2, -0.15) is 9.97 Å². The normalized spacial score (nSPS) is 27.4. The zero-order chi connectivity index (χ0) is 30.1. The molecule has 4 saturated heterocycles. The molecule has 0 spiro atoms. The van der Waals surface area contributed by atoms with Gasteiger partial charge in [-0.15, -0.1) is 0 Å². The standard InChI is InChI=1S/C34H44F2N6O/c1-20(2)24-8-6-9-26(33(3,4)5)27(24)30-28(36)29-25(15-37-30)31(41-17-22-10-11-23(18-41)38-22)40-32(39-29)43-19-34-12-7-13-42(34)16-21(35)14-34/h6,8-9,15,20-23,38H,7,10-14,16-19H2,1-5H3/t21-,22?,23?,34+/m1/s1. The Morgan fingerprint density at radius 1 is 1.12 bits per heavy atom. The second-order valence-electron chi connectivity index (χ2n) is 14.6. The molecule has 9 heteroatoms. The number of piperazine rings is 1. The fourth-order valence-corrected chi connectivity index (χ4v) is 8.06. The highest BCUT2D eigenvalue weighted by Crippen LogP contribution is 2.43. The van der Waals surface area contributed by atoms with Crippen LogP contribution in [0.5, 0.6) is 6.01 Å². The smallest absolute Gasteiger partial charge is 0.319 e. The lowest BCUT2D eigenvalue weighted by molar-refractivity contribution is 0.107.